The minimum atomic E-state index is -1.04. The number of carbonyl (C=O) groups is 3. The van der Waals surface area contributed by atoms with E-state index in [1.807, 2.05) is 18.2 Å². The van der Waals surface area contributed by atoms with Crippen molar-refractivity contribution >= 4 is 52.5 Å². The van der Waals surface area contributed by atoms with E-state index in [1.165, 1.54) is 24.9 Å². The summed E-state index contributed by atoms with van der Waals surface area (Å²) in [5.41, 5.74) is 1.05. The van der Waals surface area contributed by atoms with Crippen LogP contribution in [-0.2, 0) is 19.1 Å². The number of esters is 1. The van der Waals surface area contributed by atoms with Gasteiger partial charge >= 0.3 is 5.97 Å². The molecule has 2 atom stereocenters. The molecule has 140 valence electrons. The van der Waals surface area contributed by atoms with Crippen molar-refractivity contribution in [2.45, 2.75) is 29.6 Å². The molecule has 7 nitrogen and oxygen atoms in total. The van der Waals surface area contributed by atoms with Gasteiger partial charge in [0, 0.05) is 11.1 Å². The number of hydrogen-bond acceptors (Lipinski definition) is 6. The second-order valence-corrected chi connectivity index (χ2v) is 7.36. The number of pyridine rings is 1. The Morgan fingerprint density at radius 2 is 2.11 bits per heavy atom. The predicted octanol–water partition coefficient (Wildman–Crippen LogP) is 3.11. The van der Waals surface area contributed by atoms with Crippen molar-refractivity contribution in [3.05, 3.63) is 47.7 Å². The third kappa shape index (κ3) is 4.78. The molecule has 0 saturated heterocycles. The molecule has 27 heavy (non-hydrogen) atoms. The summed E-state index contributed by atoms with van der Waals surface area (Å²) < 4.78 is 5.16. The molecule has 2 heterocycles. The minimum absolute atomic E-state index is 0.137. The van der Waals surface area contributed by atoms with Crippen LogP contribution in [0.4, 0.5) is 11.4 Å². The van der Waals surface area contributed by atoms with E-state index < -0.39 is 23.2 Å². The zero-order chi connectivity index (χ0) is 19.4. The maximum absolute atomic E-state index is 12.2. The van der Waals surface area contributed by atoms with Gasteiger partial charge in [-0.1, -0.05) is 23.7 Å². The quantitative estimate of drug-likeness (QED) is 0.586. The number of fused-ring (bicyclic) bond motifs is 1. The van der Waals surface area contributed by atoms with Crippen molar-refractivity contribution in [3.8, 4) is 0 Å². The largest absolute Gasteiger partial charge is 0.452 e. The van der Waals surface area contributed by atoms with Crippen molar-refractivity contribution < 1.29 is 19.1 Å². The van der Waals surface area contributed by atoms with Crippen LogP contribution in [0.3, 0.4) is 0 Å². The number of nitrogens with one attached hydrogen (secondary N) is 2. The van der Waals surface area contributed by atoms with E-state index in [0.29, 0.717) is 5.69 Å². The van der Waals surface area contributed by atoms with E-state index in [1.54, 1.807) is 18.2 Å². The molecule has 3 rings (SSSR count). The fraction of sp³-hybridized carbons (Fsp3) is 0.222. The number of aromatic nitrogens is 1. The number of ether oxygens (including phenoxy) is 1. The molecule has 0 spiro atoms. The van der Waals surface area contributed by atoms with Crippen molar-refractivity contribution in [3.63, 3.8) is 0 Å². The lowest BCUT2D eigenvalue weighted by Crippen LogP contribution is -2.34. The van der Waals surface area contributed by atoms with Crippen LogP contribution in [0.5, 0.6) is 0 Å². The monoisotopic (exact) mass is 405 g/mol. The summed E-state index contributed by atoms with van der Waals surface area (Å²) in [4.78, 5) is 41.2. The summed E-state index contributed by atoms with van der Waals surface area (Å²) in [6, 6.07) is 10.5. The van der Waals surface area contributed by atoms with E-state index in [0.717, 1.165) is 10.6 Å². The number of para-hydroxylation sites is 1. The highest BCUT2D eigenvalue weighted by Crippen LogP contribution is 2.36. The molecule has 0 radical (unpaired) electrons. The fourth-order valence-corrected chi connectivity index (χ4v) is 3.65. The normalized spacial score (nSPS) is 16.7. The molecule has 2 N–H and O–H groups in total. The first-order valence-corrected chi connectivity index (χ1v) is 9.37. The lowest BCUT2D eigenvalue weighted by molar-refractivity contribution is -0.153. The number of nitrogens with zero attached hydrogens (tertiary/aromatic N) is 1. The Balaban J connectivity index is 1.55. The Kier molecular flexibility index (Phi) is 5.98. The average Bonchev–Trinajstić information content (AvgIpc) is 2.64. The SMILES string of the molecule is C[C@H](OC(=O)C[C@@H]1Sc2ccccc2NC1=O)C(=O)Nc1cccnc1Cl. The van der Waals surface area contributed by atoms with Gasteiger partial charge in [-0.3, -0.25) is 14.4 Å². The molecule has 1 aromatic heterocycles. The zero-order valence-electron chi connectivity index (χ0n) is 14.3. The van der Waals surface area contributed by atoms with Crippen molar-refractivity contribution in [1.82, 2.24) is 4.98 Å². The second kappa shape index (κ2) is 8.41. The van der Waals surface area contributed by atoms with E-state index in [-0.39, 0.29) is 17.5 Å². The topological polar surface area (TPSA) is 97.4 Å². The minimum Gasteiger partial charge on any atom is -0.452 e. The molecular weight excluding hydrogens is 390 g/mol. The second-order valence-electron chi connectivity index (χ2n) is 5.76. The fourth-order valence-electron chi connectivity index (χ4n) is 2.39. The van der Waals surface area contributed by atoms with Gasteiger partial charge in [-0.05, 0) is 31.2 Å². The number of halogens is 1. The molecule has 2 aromatic rings. The first kappa shape index (κ1) is 19.2. The van der Waals surface area contributed by atoms with Gasteiger partial charge in [0.25, 0.3) is 5.91 Å². The number of benzene rings is 1. The van der Waals surface area contributed by atoms with Crippen molar-refractivity contribution in [2.75, 3.05) is 10.6 Å². The highest BCUT2D eigenvalue weighted by molar-refractivity contribution is 8.01. The van der Waals surface area contributed by atoms with Crippen LogP contribution in [-0.4, -0.2) is 34.1 Å². The first-order chi connectivity index (χ1) is 12.9. The molecular formula is C18H16ClN3O4S. The summed E-state index contributed by atoms with van der Waals surface area (Å²) >= 11 is 7.18. The van der Waals surface area contributed by atoms with E-state index in [9.17, 15) is 14.4 Å². The number of hydrogen-bond donors (Lipinski definition) is 2. The van der Waals surface area contributed by atoms with E-state index in [2.05, 4.69) is 15.6 Å². The molecule has 9 heteroatoms. The summed E-state index contributed by atoms with van der Waals surface area (Å²) in [6.45, 7) is 1.45. The van der Waals surface area contributed by atoms with Gasteiger partial charge in [0.05, 0.1) is 23.0 Å². The highest BCUT2D eigenvalue weighted by atomic mass is 35.5. The standard InChI is InChI=1S/C18H16ClN3O4S/c1-10(17(24)22-12-6-4-8-20-16(12)19)26-15(23)9-14-18(25)21-11-5-2-3-7-13(11)27-14/h2-8,10,14H,9H2,1H3,(H,21,25)(H,22,24)/t10-,14-/m0/s1. The van der Waals surface area contributed by atoms with E-state index >= 15 is 0 Å². The first-order valence-electron chi connectivity index (χ1n) is 8.11. The molecule has 0 fully saturated rings. The molecule has 1 aliphatic rings. The Morgan fingerprint density at radius 1 is 1.33 bits per heavy atom. The maximum atomic E-state index is 12.2. The highest BCUT2D eigenvalue weighted by Gasteiger charge is 2.30. The van der Waals surface area contributed by atoms with Gasteiger partial charge in [-0.25, -0.2) is 4.98 Å². The smallest absolute Gasteiger partial charge is 0.308 e. The molecule has 0 bridgehead atoms. The number of anilines is 2. The molecule has 0 saturated carbocycles. The van der Waals surface area contributed by atoms with Gasteiger partial charge < -0.3 is 15.4 Å². The van der Waals surface area contributed by atoms with Crippen LogP contribution in [0.1, 0.15) is 13.3 Å². The molecule has 1 aromatic carbocycles. The zero-order valence-corrected chi connectivity index (χ0v) is 15.8. The summed E-state index contributed by atoms with van der Waals surface area (Å²) in [5, 5.41) is 4.83. The van der Waals surface area contributed by atoms with Crippen LogP contribution in [0.2, 0.25) is 5.15 Å². The van der Waals surface area contributed by atoms with Gasteiger partial charge in [-0.2, -0.15) is 0 Å². The number of carbonyl (C=O) groups excluding carboxylic acids is 3. The van der Waals surface area contributed by atoms with Crippen LogP contribution >= 0.6 is 23.4 Å². The Morgan fingerprint density at radius 3 is 2.89 bits per heavy atom. The third-order valence-corrected chi connectivity index (χ3v) is 5.33. The number of rotatable bonds is 5. The summed E-state index contributed by atoms with van der Waals surface area (Å²) in [6.07, 6.45) is 0.306. The Hall–Kier alpha value is -2.58. The lowest BCUT2D eigenvalue weighted by Gasteiger charge is -2.23. The summed E-state index contributed by atoms with van der Waals surface area (Å²) in [7, 11) is 0. The molecule has 0 unspecified atom stereocenters. The maximum Gasteiger partial charge on any atom is 0.308 e. The van der Waals surface area contributed by atoms with Gasteiger partial charge in [0.1, 0.15) is 0 Å². The summed E-state index contributed by atoms with van der Waals surface area (Å²) in [5.74, 6) is -1.44. The van der Waals surface area contributed by atoms with Crippen molar-refractivity contribution in [2.24, 2.45) is 0 Å². The molecule has 0 aliphatic carbocycles. The predicted molar refractivity (Wildman–Crippen MR) is 103 cm³/mol. The third-order valence-electron chi connectivity index (χ3n) is 3.75. The Labute approximate surface area is 164 Å². The Bertz CT molecular complexity index is 892. The van der Waals surface area contributed by atoms with Crippen LogP contribution < -0.4 is 10.6 Å². The van der Waals surface area contributed by atoms with Crippen LogP contribution in [0.25, 0.3) is 0 Å². The van der Waals surface area contributed by atoms with Gasteiger partial charge in [-0.15, -0.1) is 11.8 Å². The molecule has 2 amide bonds. The van der Waals surface area contributed by atoms with E-state index in [4.69, 9.17) is 16.3 Å². The van der Waals surface area contributed by atoms with Gasteiger partial charge in [0.2, 0.25) is 5.91 Å². The van der Waals surface area contributed by atoms with Gasteiger partial charge in [0.15, 0.2) is 11.3 Å². The van der Waals surface area contributed by atoms with Crippen LogP contribution in [0.15, 0.2) is 47.5 Å². The number of thioether (sulfide) groups is 1. The van der Waals surface area contributed by atoms with Crippen molar-refractivity contribution in [1.29, 1.82) is 0 Å². The molecule has 1 aliphatic heterocycles. The number of amides is 2. The van der Waals surface area contributed by atoms with Crippen LogP contribution in [0, 0.1) is 0 Å². The average molecular weight is 406 g/mol. The lowest BCUT2D eigenvalue weighted by atomic mass is 10.2.